The van der Waals surface area contributed by atoms with Crippen molar-refractivity contribution in [2.45, 2.75) is 89.7 Å². The molecule has 3 rings (SSSR count). The molecule has 1 aromatic carbocycles. The topological polar surface area (TPSA) is 57.2 Å². The van der Waals surface area contributed by atoms with E-state index in [1.54, 1.807) is 7.11 Å². The van der Waals surface area contributed by atoms with Crippen molar-refractivity contribution in [1.82, 2.24) is 0 Å². The van der Waals surface area contributed by atoms with Gasteiger partial charge in [0.2, 0.25) is 8.32 Å². The molecule has 1 heterocycles. The third-order valence-corrected chi connectivity index (χ3v) is 11.3. The summed E-state index contributed by atoms with van der Waals surface area (Å²) in [6.45, 7) is 13.8. The summed E-state index contributed by atoms with van der Waals surface area (Å²) in [7, 11) is -0.392. The Kier molecular flexibility index (Phi) is 7.92. The predicted molar refractivity (Wildman–Crippen MR) is 130 cm³/mol. The van der Waals surface area contributed by atoms with Crippen LogP contribution in [0.15, 0.2) is 48.3 Å². The van der Waals surface area contributed by atoms with Gasteiger partial charge in [-0.05, 0) is 54.7 Å². The molecule has 1 N–H and O–H groups in total. The Bertz CT molecular complexity index is 809. The van der Waals surface area contributed by atoms with Gasteiger partial charge in [-0.3, -0.25) is 0 Å². The fraction of sp³-hybridized carbons (Fsp3) is 0.615. The molecule has 5 atom stereocenters. The summed E-state index contributed by atoms with van der Waals surface area (Å²) in [5.74, 6) is 1.77. The molecule has 32 heavy (non-hydrogen) atoms. The molecule has 0 unspecified atom stereocenters. The van der Waals surface area contributed by atoms with Crippen molar-refractivity contribution in [2.75, 3.05) is 7.11 Å². The van der Waals surface area contributed by atoms with Gasteiger partial charge in [0.05, 0.1) is 25.9 Å². The molecule has 6 heteroatoms. The van der Waals surface area contributed by atoms with E-state index in [4.69, 9.17) is 18.6 Å². The Balaban J connectivity index is 1.73. The number of methoxy groups -OCH3 is 1. The molecule has 0 aromatic heterocycles. The minimum Gasteiger partial charge on any atom is -0.545 e. The summed E-state index contributed by atoms with van der Waals surface area (Å²) in [5, 5.41) is 10.9. The second-order valence-electron chi connectivity index (χ2n) is 10.4. The average Bonchev–Trinajstić information content (AvgIpc) is 2.98. The minimum atomic E-state index is -2.06. The SMILES string of the molecule is CC[C@@H](OCc1ccc(OC)cc1)[C@H]1C[C@H]2C=C[C@H](O)[C@@H](O1)C(O[Si](C)(C)C(C)(C)C)=C2. The van der Waals surface area contributed by atoms with Gasteiger partial charge in [-0.15, -0.1) is 0 Å². The molecule has 2 bridgehead atoms. The van der Waals surface area contributed by atoms with Crippen molar-refractivity contribution in [3.63, 3.8) is 0 Å². The number of rotatable bonds is 8. The van der Waals surface area contributed by atoms with E-state index in [1.807, 2.05) is 30.3 Å². The predicted octanol–water partition coefficient (Wildman–Crippen LogP) is 5.60. The molecule has 0 saturated heterocycles. The molecule has 0 amide bonds. The summed E-state index contributed by atoms with van der Waals surface area (Å²) in [6.07, 6.45) is 6.33. The van der Waals surface area contributed by atoms with Crippen molar-refractivity contribution in [3.8, 4) is 5.75 Å². The van der Waals surface area contributed by atoms with Gasteiger partial charge in [-0.25, -0.2) is 0 Å². The number of fused-ring (bicyclic) bond motifs is 2. The fourth-order valence-corrected chi connectivity index (χ4v) is 4.97. The first-order valence-corrected chi connectivity index (χ1v) is 14.6. The number of hydrogen-bond acceptors (Lipinski definition) is 5. The van der Waals surface area contributed by atoms with Crippen LogP contribution in [0.25, 0.3) is 0 Å². The second kappa shape index (κ2) is 10.1. The Hall–Kier alpha value is -1.60. The Morgan fingerprint density at radius 2 is 1.84 bits per heavy atom. The molecule has 0 spiro atoms. The van der Waals surface area contributed by atoms with Crippen LogP contribution < -0.4 is 4.74 Å². The van der Waals surface area contributed by atoms with Crippen LogP contribution in [0.3, 0.4) is 0 Å². The van der Waals surface area contributed by atoms with Gasteiger partial charge in [0.15, 0.2) is 0 Å². The highest BCUT2D eigenvalue weighted by Crippen LogP contribution is 2.41. The summed E-state index contributed by atoms with van der Waals surface area (Å²) in [6, 6.07) is 7.93. The largest absolute Gasteiger partial charge is 0.545 e. The highest BCUT2D eigenvalue weighted by Gasteiger charge is 2.44. The summed E-state index contributed by atoms with van der Waals surface area (Å²) in [5.41, 5.74) is 1.10. The fourth-order valence-electron chi connectivity index (χ4n) is 3.89. The van der Waals surface area contributed by atoms with Crippen molar-refractivity contribution in [3.05, 3.63) is 53.8 Å². The van der Waals surface area contributed by atoms with E-state index in [2.05, 4.69) is 52.9 Å². The third-order valence-electron chi connectivity index (χ3n) is 6.97. The van der Waals surface area contributed by atoms with E-state index in [1.165, 1.54) is 0 Å². The molecule has 5 nitrogen and oxygen atoms in total. The highest BCUT2D eigenvalue weighted by molar-refractivity contribution is 6.74. The lowest BCUT2D eigenvalue weighted by Crippen LogP contribution is -2.45. The lowest BCUT2D eigenvalue weighted by Gasteiger charge is -2.39. The molecule has 1 aromatic rings. The van der Waals surface area contributed by atoms with Crippen LogP contribution in [-0.2, 0) is 20.5 Å². The maximum atomic E-state index is 10.8. The van der Waals surface area contributed by atoms with Gasteiger partial charge in [-0.2, -0.15) is 0 Å². The minimum absolute atomic E-state index is 0.0681. The van der Waals surface area contributed by atoms with Crippen molar-refractivity contribution < 1.29 is 23.7 Å². The molecule has 2 aliphatic rings. The average molecular weight is 461 g/mol. The maximum Gasteiger partial charge on any atom is 0.250 e. The molecule has 0 radical (unpaired) electrons. The van der Waals surface area contributed by atoms with E-state index < -0.39 is 20.5 Å². The van der Waals surface area contributed by atoms with Crippen molar-refractivity contribution in [2.24, 2.45) is 5.92 Å². The molecular formula is C26H40O5Si. The molecule has 0 saturated carbocycles. The Morgan fingerprint density at radius 1 is 1.16 bits per heavy atom. The van der Waals surface area contributed by atoms with E-state index >= 15 is 0 Å². The van der Waals surface area contributed by atoms with E-state index in [9.17, 15) is 5.11 Å². The third kappa shape index (κ3) is 5.84. The Morgan fingerprint density at radius 3 is 2.44 bits per heavy atom. The van der Waals surface area contributed by atoms with Crippen molar-refractivity contribution >= 4 is 8.32 Å². The van der Waals surface area contributed by atoms with Gasteiger partial charge in [0.25, 0.3) is 0 Å². The summed E-state index contributed by atoms with van der Waals surface area (Å²) < 4.78 is 24.7. The standard InChI is InChI=1S/C26H40O5Si/c1-8-22(29-17-18-9-12-20(28-5)13-10-18)23-15-19-11-14-21(27)25(30-23)24(16-19)31-32(6,7)26(2,3)4/h9-14,16,19,21-23,25,27H,8,15,17H2,1-7H3/t19-,21+,22-,23-,25-/m1/s1. The molecule has 178 valence electrons. The number of ether oxygens (including phenoxy) is 3. The number of allylic oxidation sites excluding steroid dienone is 2. The van der Waals surface area contributed by atoms with Crippen LogP contribution in [-0.4, -0.2) is 44.9 Å². The van der Waals surface area contributed by atoms with Gasteiger partial charge in [0, 0.05) is 5.92 Å². The number of aliphatic hydroxyl groups excluding tert-OH is 1. The lowest BCUT2D eigenvalue weighted by atomic mass is 9.96. The lowest BCUT2D eigenvalue weighted by molar-refractivity contribution is -0.127. The quantitative estimate of drug-likeness (QED) is 0.404. The van der Waals surface area contributed by atoms with Crippen LogP contribution in [0.2, 0.25) is 18.1 Å². The molecule has 1 aliphatic heterocycles. The van der Waals surface area contributed by atoms with E-state index in [-0.39, 0.29) is 23.2 Å². The maximum absolute atomic E-state index is 10.8. The molecule has 1 aliphatic carbocycles. The number of hydrogen-bond donors (Lipinski definition) is 1. The monoisotopic (exact) mass is 460 g/mol. The summed E-state index contributed by atoms with van der Waals surface area (Å²) >= 11 is 0. The van der Waals surface area contributed by atoms with Gasteiger partial charge in [-0.1, -0.05) is 52.0 Å². The molecule has 0 fully saturated rings. The van der Waals surface area contributed by atoms with Gasteiger partial charge < -0.3 is 23.7 Å². The summed E-state index contributed by atoms with van der Waals surface area (Å²) in [4.78, 5) is 0. The Labute approximate surface area is 194 Å². The van der Waals surface area contributed by atoms with Crippen LogP contribution in [0.1, 0.15) is 46.1 Å². The van der Waals surface area contributed by atoms with Crippen molar-refractivity contribution in [1.29, 1.82) is 0 Å². The second-order valence-corrected chi connectivity index (χ2v) is 15.1. The highest BCUT2D eigenvalue weighted by atomic mass is 28.4. The molecular weight excluding hydrogens is 420 g/mol. The number of aliphatic hydroxyl groups is 1. The van der Waals surface area contributed by atoms with Crippen LogP contribution in [0, 0.1) is 5.92 Å². The van der Waals surface area contributed by atoms with Gasteiger partial charge in [0.1, 0.15) is 23.7 Å². The zero-order chi connectivity index (χ0) is 23.5. The zero-order valence-corrected chi connectivity index (χ0v) is 21.6. The normalized spacial score (nSPS) is 26.8. The number of benzene rings is 1. The van der Waals surface area contributed by atoms with E-state index in [0.29, 0.717) is 6.61 Å². The van der Waals surface area contributed by atoms with Gasteiger partial charge >= 0.3 is 0 Å². The van der Waals surface area contributed by atoms with Crippen LogP contribution in [0.5, 0.6) is 5.75 Å². The first kappa shape index (κ1) is 25.0. The van der Waals surface area contributed by atoms with E-state index in [0.717, 1.165) is 29.9 Å². The zero-order valence-electron chi connectivity index (χ0n) is 20.6. The first-order valence-electron chi connectivity index (χ1n) is 11.7. The van der Waals surface area contributed by atoms with Crippen LogP contribution in [0.4, 0.5) is 0 Å². The smallest absolute Gasteiger partial charge is 0.250 e. The first-order chi connectivity index (χ1) is 15.0. The van der Waals surface area contributed by atoms with Crippen LogP contribution >= 0.6 is 0 Å².